The molecule has 2 heterocycles. The van der Waals surface area contributed by atoms with Gasteiger partial charge in [0.2, 0.25) is 0 Å². The summed E-state index contributed by atoms with van der Waals surface area (Å²) in [5.41, 5.74) is 0.632. The van der Waals surface area contributed by atoms with Crippen molar-refractivity contribution in [3.63, 3.8) is 0 Å². The third-order valence-corrected chi connectivity index (χ3v) is 3.63. The predicted octanol–water partition coefficient (Wildman–Crippen LogP) is 1.51. The molecule has 1 aliphatic heterocycles. The number of aliphatic hydroxyl groups is 1. The number of aryl methyl sites for hydroxylation is 1. The number of aromatic nitrogens is 1. The Labute approximate surface area is 105 Å². The van der Waals surface area contributed by atoms with Gasteiger partial charge in [0.25, 0.3) is 5.69 Å². The van der Waals surface area contributed by atoms with Gasteiger partial charge < -0.3 is 10.0 Å². The Morgan fingerprint density at radius 1 is 1.67 bits per heavy atom. The molecule has 1 saturated heterocycles. The van der Waals surface area contributed by atoms with Crippen molar-refractivity contribution in [1.29, 1.82) is 0 Å². The van der Waals surface area contributed by atoms with Gasteiger partial charge in [-0.2, -0.15) is 0 Å². The lowest BCUT2D eigenvalue weighted by Crippen LogP contribution is -2.35. The molecule has 0 bridgehead atoms. The molecule has 2 rings (SSSR count). The van der Waals surface area contributed by atoms with Crippen LogP contribution in [0, 0.1) is 23.0 Å². The lowest BCUT2D eigenvalue weighted by molar-refractivity contribution is -0.385. The summed E-state index contributed by atoms with van der Waals surface area (Å²) < 4.78 is 0. The van der Waals surface area contributed by atoms with Crippen LogP contribution in [0.25, 0.3) is 0 Å². The van der Waals surface area contributed by atoms with E-state index in [2.05, 4.69) is 11.9 Å². The van der Waals surface area contributed by atoms with E-state index in [9.17, 15) is 15.2 Å². The number of rotatable bonds is 3. The number of nitro groups is 1. The number of nitrogens with zero attached hydrogens (tertiary/aromatic N) is 3. The van der Waals surface area contributed by atoms with Crippen molar-refractivity contribution in [2.45, 2.75) is 26.3 Å². The molecule has 6 heteroatoms. The third-order valence-electron chi connectivity index (χ3n) is 3.63. The normalized spacial score (nSPS) is 23.4. The Hall–Kier alpha value is -1.69. The lowest BCUT2D eigenvalue weighted by Gasteiger charge is -2.26. The van der Waals surface area contributed by atoms with Crippen LogP contribution in [0.4, 0.5) is 11.5 Å². The molecular weight excluding hydrogens is 234 g/mol. The van der Waals surface area contributed by atoms with Gasteiger partial charge >= 0.3 is 0 Å². The third kappa shape index (κ3) is 2.15. The summed E-state index contributed by atoms with van der Waals surface area (Å²) in [6.45, 7) is 4.71. The number of hydrogen-bond donors (Lipinski definition) is 1. The number of pyridine rings is 1. The van der Waals surface area contributed by atoms with E-state index in [4.69, 9.17) is 0 Å². The molecule has 1 aromatic rings. The fourth-order valence-corrected chi connectivity index (χ4v) is 2.45. The monoisotopic (exact) mass is 251 g/mol. The maximum Gasteiger partial charge on any atom is 0.290 e. The van der Waals surface area contributed by atoms with Crippen molar-refractivity contribution < 1.29 is 10.0 Å². The lowest BCUT2D eigenvalue weighted by atomic mass is 10.0. The van der Waals surface area contributed by atoms with Crippen LogP contribution >= 0.6 is 0 Å². The van der Waals surface area contributed by atoms with Gasteiger partial charge in [-0.05, 0) is 25.3 Å². The average molecular weight is 251 g/mol. The van der Waals surface area contributed by atoms with Crippen molar-refractivity contribution in [2.75, 3.05) is 18.1 Å². The largest absolute Gasteiger partial charge is 0.394 e. The van der Waals surface area contributed by atoms with Gasteiger partial charge in [-0.15, -0.1) is 0 Å². The van der Waals surface area contributed by atoms with Gasteiger partial charge in [0.15, 0.2) is 0 Å². The van der Waals surface area contributed by atoms with Gasteiger partial charge in [0, 0.05) is 12.1 Å². The Bertz CT molecular complexity index is 464. The highest BCUT2D eigenvalue weighted by molar-refractivity contribution is 5.50. The maximum atomic E-state index is 10.7. The van der Waals surface area contributed by atoms with Gasteiger partial charge in [-0.25, -0.2) is 4.98 Å². The molecule has 1 fully saturated rings. The number of aliphatic hydroxyl groups excluding tert-OH is 1. The molecule has 98 valence electrons. The van der Waals surface area contributed by atoms with Crippen LogP contribution < -0.4 is 4.90 Å². The minimum absolute atomic E-state index is 0.0338. The summed E-state index contributed by atoms with van der Waals surface area (Å²) in [7, 11) is 0. The van der Waals surface area contributed by atoms with Gasteiger partial charge in [0.1, 0.15) is 12.0 Å². The summed E-state index contributed by atoms with van der Waals surface area (Å²) in [6.07, 6.45) is 2.30. The molecule has 0 spiro atoms. The van der Waals surface area contributed by atoms with Crippen molar-refractivity contribution in [3.8, 4) is 0 Å². The maximum absolute atomic E-state index is 10.7. The topological polar surface area (TPSA) is 79.5 Å². The van der Waals surface area contributed by atoms with Crippen molar-refractivity contribution in [2.24, 2.45) is 5.92 Å². The summed E-state index contributed by atoms with van der Waals surface area (Å²) in [5, 5.41) is 20.1. The molecule has 1 N–H and O–H groups in total. The van der Waals surface area contributed by atoms with E-state index < -0.39 is 4.92 Å². The Morgan fingerprint density at radius 2 is 2.39 bits per heavy atom. The van der Waals surface area contributed by atoms with Crippen LogP contribution in [0.3, 0.4) is 0 Å². The molecule has 1 aromatic heterocycles. The van der Waals surface area contributed by atoms with E-state index in [-0.39, 0.29) is 18.3 Å². The van der Waals surface area contributed by atoms with E-state index in [1.165, 1.54) is 6.20 Å². The Balaban J connectivity index is 2.29. The molecule has 2 unspecified atom stereocenters. The predicted molar refractivity (Wildman–Crippen MR) is 67.6 cm³/mol. The van der Waals surface area contributed by atoms with Crippen LogP contribution in [0.1, 0.15) is 18.9 Å². The van der Waals surface area contributed by atoms with Gasteiger partial charge in [-0.3, -0.25) is 10.1 Å². The van der Waals surface area contributed by atoms with E-state index in [0.717, 1.165) is 13.0 Å². The molecule has 2 atom stereocenters. The molecule has 18 heavy (non-hydrogen) atoms. The van der Waals surface area contributed by atoms with E-state index in [0.29, 0.717) is 17.3 Å². The quantitative estimate of drug-likeness (QED) is 0.650. The zero-order chi connectivity index (χ0) is 13.3. The summed E-state index contributed by atoms with van der Waals surface area (Å²) in [6, 6.07) is 1.78. The van der Waals surface area contributed by atoms with Crippen LogP contribution in [0.15, 0.2) is 12.3 Å². The van der Waals surface area contributed by atoms with Crippen LogP contribution in [-0.2, 0) is 0 Å². The molecule has 1 aliphatic rings. The summed E-state index contributed by atoms with van der Waals surface area (Å²) in [4.78, 5) is 16.5. The van der Waals surface area contributed by atoms with E-state index >= 15 is 0 Å². The van der Waals surface area contributed by atoms with Crippen LogP contribution in [0.5, 0.6) is 0 Å². The van der Waals surface area contributed by atoms with Crippen LogP contribution in [0.2, 0.25) is 0 Å². The molecule has 0 amide bonds. The number of hydrogen-bond acceptors (Lipinski definition) is 5. The van der Waals surface area contributed by atoms with Crippen molar-refractivity contribution in [3.05, 3.63) is 27.9 Å². The first-order valence-electron chi connectivity index (χ1n) is 6.03. The summed E-state index contributed by atoms with van der Waals surface area (Å²) in [5.74, 6) is 1.12. The SMILES string of the molecule is Cc1cc(N2CCC(C)C2CO)ncc1[N+](=O)[O-]. The van der Waals surface area contributed by atoms with Crippen molar-refractivity contribution in [1.82, 2.24) is 4.98 Å². The Kier molecular flexibility index (Phi) is 3.47. The fourth-order valence-electron chi connectivity index (χ4n) is 2.45. The second-order valence-electron chi connectivity index (χ2n) is 4.80. The highest BCUT2D eigenvalue weighted by atomic mass is 16.6. The molecule has 0 aliphatic carbocycles. The zero-order valence-electron chi connectivity index (χ0n) is 10.5. The highest BCUT2D eigenvalue weighted by Gasteiger charge is 2.31. The number of anilines is 1. The first-order chi connectivity index (χ1) is 8.54. The molecule has 6 nitrogen and oxygen atoms in total. The second kappa shape index (κ2) is 4.89. The minimum Gasteiger partial charge on any atom is -0.394 e. The summed E-state index contributed by atoms with van der Waals surface area (Å²) >= 11 is 0. The zero-order valence-corrected chi connectivity index (χ0v) is 10.5. The molecular formula is C12H17N3O3. The second-order valence-corrected chi connectivity index (χ2v) is 4.80. The molecule has 0 aromatic carbocycles. The first kappa shape index (κ1) is 12.8. The highest BCUT2D eigenvalue weighted by Crippen LogP contribution is 2.30. The molecule has 0 radical (unpaired) electrons. The van der Waals surface area contributed by atoms with Crippen molar-refractivity contribution >= 4 is 11.5 Å². The molecule has 0 saturated carbocycles. The van der Waals surface area contributed by atoms with Gasteiger partial charge in [-0.1, -0.05) is 6.92 Å². The standard InChI is InChI=1S/C12H17N3O3/c1-8-3-4-14(11(8)7-16)12-5-9(2)10(6-13-12)15(17)18/h5-6,8,11,16H,3-4,7H2,1-2H3. The Morgan fingerprint density at radius 3 is 2.94 bits per heavy atom. The first-order valence-corrected chi connectivity index (χ1v) is 6.03. The smallest absolute Gasteiger partial charge is 0.290 e. The van der Waals surface area contributed by atoms with Crippen LogP contribution in [-0.4, -0.2) is 34.2 Å². The van der Waals surface area contributed by atoms with E-state index in [1.54, 1.807) is 13.0 Å². The minimum atomic E-state index is -0.428. The average Bonchev–Trinajstić information content (AvgIpc) is 2.69. The van der Waals surface area contributed by atoms with Gasteiger partial charge in [0.05, 0.1) is 17.6 Å². The fraction of sp³-hybridized carbons (Fsp3) is 0.583. The van der Waals surface area contributed by atoms with E-state index in [1.807, 2.05) is 4.90 Å².